The molecule has 0 aliphatic carbocycles. The largest absolute Gasteiger partial charge is 0.329 e. The Morgan fingerprint density at radius 3 is 2.31 bits per heavy atom. The number of amides is 2. The summed E-state index contributed by atoms with van der Waals surface area (Å²) in [6.45, 7) is 7.74. The van der Waals surface area contributed by atoms with Crippen LogP contribution < -0.4 is 4.90 Å². The van der Waals surface area contributed by atoms with Crippen LogP contribution in [-0.4, -0.2) is 29.3 Å². The number of aryl methyl sites for hydroxylation is 1. The van der Waals surface area contributed by atoms with E-state index < -0.39 is 6.04 Å². The van der Waals surface area contributed by atoms with Gasteiger partial charge in [0, 0.05) is 11.7 Å². The van der Waals surface area contributed by atoms with E-state index >= 15 is 0 Å². The fourth-order valence-corrected chi connectivity index (χ4v) is 3.36. The molecule has 136 valence electrons. The van der Waals surface area contributed by atoms with E-state index in [2.05, 4.69) is 0 Å². The molecule has 3 rings (SSSR count). The van der Waals surface area contributed by atoms with Gasteiger partial charge in [0.25, 0.3) is 5.91 Å². The number of nitrogens with zero attached hydrogens (tertiary/aromatic N) is 2. The van der Waals surface area contributed by atoms with E-state index in [4.69, 9.17) is 0 Å². The third-order valence-electron chi connectivity index (χ3n) is 4.99. The lowest BCUT2D eigenvalue weighted by atomic mass is 9.97. The zero-order chi connectivity index (χ0) is 19.0. The van der Waals surface area contributed by atoms with Gasteiger partial charge in [0.1, 0.15) is 18.4 Å². The van der Waals surface area contributed by atoms with Gasteiger partial charge in [-0.2, -0.15) is 0 Å². The molecule has 0 bridgehead atoms. The van der Waals surface area contributed by atoms with Crippen molar-refractivity contribution in [2.45, 2.75) is 39.8 Å². The summed E-state index contributed by atoms with van der Waals surface area (Å²) in [5.74, 6) is -0.657. The van der Waals surface area contributed by atoms with E-state index in [0.29, 0.717) is 5.56 Å². The highest BCUT2D eigenvalue weighted by Gasteiger charge is 2.42. The number of piperazine rings is 1. The molecule has 4 nitrogen and oxygen atoms in total. The van der Waals surface area contributed by atoms with Crippen LogP contribution in [0.25, 0.3) is 0 Å². The van der Waals surface area contributed by atoms with Gasteiger partial charge in [-0.25, -0.2) is 4.39 Å². The van der Waals surface area contributed by atoms with Gasteiger partial charge >= 0.3 is 0 Å². The van der Waals surface area contributed by atoms with Crippen LogP contribution in [0.4, 0.5) is 10.1 Å². The number of hydrogen-bond acceptors (Lipinski definition) is 2. The molecule has 0 unspecified atom stereocenters. The van der Waals surface area contributed by atoms with Gasteiger partial charge in [-0.1, -0.05) is 24.3 Å². The number of anilines is 1. The minimum absolute atomic E-state index is 0.0432. The van der Waals surface area contributed by atoms with Crippen molar-refractivity contribution in [2.24, 2.45) is 0 Å². The summed E-state index contributed by atoms with van der Waals surface area (Å²) in [6.07, 6.45) is 0. The van der Waals surface area contributed by atoms with Gasteiger partial charge in [-0.05, 0) is 62.6 Å². The summed E-state index contributed by atoms with van der Waals surface area (Å²) < 4.78 is 13.4. The van der Waals surface area contributed by atoms with Crippen LogP contribution in [0.5, 0.6) is 0 Å². The van der Waals surface area contributed by atoms with Crippen molar-refractivity contribution in [1.82, 2.24) is 4.90 Å². The normalized spacial score (nSPS) is 18.0. The summed E-state index contributed by atoms with van der Waals surface area (Å²) in [6, 6.07) is 10.6. The molecule has 1 atom stereocenters. The van der Waals surface area contributed by atoms with Gasteiger partial charge in [0.2, 0.25) is 5.91 Å². The van der Waals surface area contributed by atoms with E-state index in [9.17, 15) is 14.0 Å². The van der Waals surface area contributed by atoms with E-state index in [0.717, 1.165) is 16.8 Å². The number of benzene rings is 2. The van der Waals surface area contributed by atoms with Crippen LogP contribution in [0.15, 0.2) is 42.5 Å². The van der Waals surface area contributed by atoms with Crippen LogP contribution in [0.2, 0.25) is 0 Å². The van der Waals surface area contributed by atoms with Gasteiger partial charge < -0.3 is 4.90 Å². The van der Waals surface area contributed by atoms with Crippen molar-refractivity contribution in [3.63, 3.8) is 0 Å². The maximum absolute atomic E-state index is 13.4. The molecule has 1 heterocycles. The van der Waals surface area contributed by atoms with Crippen LogP contribution in [0, 0.1) is 19.7 Å². The van der Waals surface area contributed by atoms with Crippen LogP contribution >= 0.6 is 0 Å². The molecule has 1 aliphatic heterocycles. The van der Waals surface area contributed by atoms with E-state index in [1.165, 1.54) is 12.1 Å². The molecule has 5 heteroatoms. The summed E-state index contributed by atoms with van der Waals surface area (Å²) >= 11 is 0. The van der Waals surface area contributed by atoms with Crippen LogP contribution in [0.3, 0.4) is 0 Å². The highest BCUT2D eigenvalue weighted by atomic mass is 19.1. The van der Waals surface area contributed by atoms with Crippen molar-refractivity contribution in [3.05, 3.63) is 65.0 Å². The molecule has 0 N–H and O–H groups in total. The van der Waals surface area contributed by atoms with Crippen molar-refractivity contribution in [3.8, 4) is 0 Å². The minimum Gasteiger partial charge on any atom is -0.329 e. The second kappa shape index (κ2) is 6.90. The average Bonchev–Trinajstić information content (AvgIpc) is 2.60. The minimum atomic E-state index is -0.792. The van der Waals surface area contributed by atoms with Gasteiger partial charge in [0.05, 0.1) is 0 Å². The molecule has 1 fully saturated rings. The third kappa shape index (κ3) is 3.09. The molecule has 2 amide bonds. The standard InChI is InChI=1S/C21H23FN2O2/c1-13(2)23-12-19(25)24(18-7-5-6-14(3)15(18)4)20(21(23)26)16-8-10-17(22)11-9-16/h5-11,13,20H,12H2,1-4H3/t20-/m0/s1. The quantitative estimate of drug-likeness (QED) is 0.842. The van der Waals surface area contributed by atoms with E-state index in [1.807, 2.05) is 45.9 Å². The van der Waals surface area contributed by atoms with E-state index in [-0.39, 0.29) is 30.2 Å². The van der Waals surface area contributed by atoms with Crippen LogP contribution in [0.1, 0.15) is 36.6 Å². The Bertz CT molecular complexity index is 846. The number of carbonyl (C=O) groups is 2. The molecule has 1 aliphatic rings. The number of rotatable bonds is 3. The predicted molar refractivity (Wildman–Crippen MR) is 99.4 cm³/mol. The number of carbonyl (C=O) groups excluding carboxylic acids is 2. The molecule has 0 radical (unpaired) electrons. The van der Waals surface area contributed by atoms with Gasteiger partial charge in [-0.15, -0.1) is 0 Å². The first-order chi connectivity index (χ1) is 12.3. The lowest BCUT2D eigenvalue weighted by Gasteiger charge is -2.42. The number of hydrogen-bond donors (Lipinski definition) is 0. The highest BCUT2D eigenvalue weighted by molar-refractivity contribution is 6.07. The lowest BCUT2D eigenvalue weighted by Crippen LogP contribution is -2.57. The maximum Gasteiger partial charge on any atom is 0.251 e. The molecule has 2 aromatic carbocycles. The summed E-state index contributed by atoms with van der Waals surface area (Å²) in [4.78, 5) is 29.4. The molecular formula is C21H23FN2O2. The van der Waals surface area contributed by atoms with E-state index in [1.54, 1.807) is 21.9 Å². The zero-order valence-corrected chi connectivity index (χ0v) is 15.5. The second-order valence-corrected chi connectivity index (χ2v) is 7.00. The fraction of sp³-hybridized carbons (Fsp3) is 0.333. The van der Waals surface area contributed by atoms with Crippen molar-refractivity contribution >= 4 is 17.5 Å². The first-order valence-corrected chi connectivity index (χ1v) is 8.75. The van der Waals surface area contributed by atoms with Crippen LogP contribution in [-0.2, 0) is 9.59 Å². The first kappa shape index (κ1) is 18.1. The SMILES string of the molecule is Cc1cccc(N2C(=O)CN(C(C)C)C(=O)[C@@H]2c2ccc(F)cc2)c1C. The lowest BCUT2D eigenvalue weighted by molar-refractivity contribution is -0.143. The fourth-order valence-electron chi connectivity index (χ4n) is 3.36. The maximum atomic E-state index is 13.4. The van der Waals surface area contributed by atoms with Crippen molar-refractivity contribution < 1.29 is 14.0 Å². The topological polar surface area (TPSA) is 40.6 Å². The Morgan fingerprint density at radius 2 is 1.69 bits per heavy atom. The predicted octanol–water partition coefficient (Wildman–Crippen LogP) is 3.77. The first-order valence-electron chi connectivity index (χ1n) is 8.75. The Kier molecular flexibility index (Phi) is 4.81. The second-order valence-electron chi connectivity index (χ2n) is 7.00. The Morgan fingerprint density at radius 1 is 1.04 bits per heavy atom. The molecule has 26 heavy (non-hydrogen) atoms. The third-order valence-corrected chi connectivity index (χ3v) is 4.99. The summed E-state index contributed by atoms with van der Waals surface area (Å²) in [7, 11) is 0. The molecule has 0 aromatic heterocycles. The summed E-state index contributed by atoms with van der Waals surface area (Å²) in [5, 5.41) is 0. The molecular weight excluding hydrogens is 331 g/mol. The Balaban J connectivity index is 2.16. The highest BCUT2D eigenvalue weighted by Crippen LogP contribution is 2.35. The molecule has 2 aromatic rings. The summed E-state index contributed by atoms with van der Waals surface area (Å²) in [5.41, 5.74) is 3.34. The monoisotopic (exact) mass is 354 g/mol. The van der Waals surface area contributed by atoms with Gasteiger partial charge in [0.15, 0.2) is 0 Å². The van der Waals surface area contributed by atoms with Crippen molar-refractivity contribution in [2.75, 3.05) is 11.4 Å². The average molecular weight is 354 g/mol. The number of halogens is 1. The zero-order valence-electron chi connectivity index (χ0n) is 15.5. The Hall–Kier alpha value is -2.69. The molecule has 0 spiro atoms. The molecule has 1 saturated heterocycles. The van der Waals surface area contributed by atoms with Crippen molar-refractivity contribution in [1.29, 1.82) is 0 Å². The smallest absolute Gasteiger partial charge is 0.251 e. The van der Waals surface area contributed by atoms with Gasteiger partial charge in [-0.3, -0.25) is 14.5 Å². The molecule has 0 saturated carbocycles. The Labute approximate surface area is 153 Å².